The van der Waals surface area contributed by atoms with Gasteiger partial charge in [0.15, 0.2) is 11.8 Å². The van der Waals surface area contributed by atoms with Gasteiger partial charge in [-0.3, -0.25) is 4.79 Å². The van der Waals surface area contributed by atoms with Crippen LogP contribution in [0.5, 0.6) is 5.75 Å². The van der Waals surface area contributed by atoms with Crippen molar-refractivity contribution in [2.24, 2.45) is 5.92 Å². The van der Waals surface area contributed by atoms with E-state index >= 15 is 0 Å². The number of carbonyl (C=O) groups excluding carboxylic acids is 2. The molecule has 0 amide bonds. The van der Waals surface area contributed by atoms with E-state index in [0.29, 0.717) is 18.5 Å². The van der Waals surface area contributed by atoms with Crippen LogP contribution in [0, 0.1) is 5.92 Å². The van der Waals surface area contributed by atoms with Crippen LogP contribution in [0.25, 0.3) is 0 Å². The minimum Gasteiger partial charge on any atom is -0.508 e. The molecule has 1 heterocycles. The fraction of sp³-hybridized carbons (Fsp3) is 0.417. The second kappa shape index (κ2) is 9.30. The number of ether oxygens (including phenoxy) is 1. The Bertz CT molecular complexity index is 845. The minimum absolute atomic E-state index is 0.0357. The third kappa shape index (κ3) is 4.65. The number of rotatable bonds is 8. The monoisotopic (exact) mass is 411 g/mol. The molecule has 0 aromatic heterocycles. The second-order valence-corrected chi connectivity index (χ2v) is 8.11. The van der Waals surface area contributed by atoms with Crippen molar-refractivity contribution in [2.45, 2.75) is 44.8 Å². The second-order valence-electron chi connectivity index (χ2n) is 8.11. The molecule has 2 N–H and O–H groups in total. The molecule has 2 atom stereocenters. The molecule has 2 aromatic carbocycles. The Labute approximate surface area is 177 Å². The molecule has 0 bridgehead atoms. The first kappa shape index (κ1) is 21.8. The SMILES string of the molecule is CC(C)C1(CCc2ccc(O)cc2)CC(=O)C(N(CCO)c2ccccc2)C(=O)O1. The first-order chi connectivity index (χ1) is 14.4. The van der Waals surface area contributed by atoms with Gasteiger partial charge in [0.05, 0.1) is 6.61 Å². The Kier molecular flexibility index (Phi) is 6.77. The van der Waals surface area contributed by atoms with E-state index in [-0.39, 0.29) is 37.0 Å². The van der Waals surface area contributed by atoms with Crippen LogP contribution in [0.2, 0.25) is 0 Å². The third-order valence-electron chi connectivity index (χ3n) is 5.87. The number of hydrogen-bond acceptors (Lipinski definition) is 6. The lowest BCUT2D eigenvalue weighted by Gasteiger charge is -2.44. The number of anilines is 1. The Morgan fingerprint density at radius 1 is 1.10 bits per heavy atom. The molecule has 30 heavy (non-hydrogen) atoms. The maximum Gasteiger partial charge on any atom is 0.337 e. The van der Waals surface area contributed by atoms with Gasteiger partial charge in [-0.05, 0) is 48.6 Å². The van der Waals surface area contributed by atoms with Crippen LogP contribution in [0.3, 0.4) is 0 Å². The number of aliphatic hydroxyl groups is 1. The Morgan fingerprint density at radius 3 is 2.33 bits per heavy atom. The van der Waals surface area contributed by atoms with Gasteiger partial charge in [0.2, 0.25) is 0 Å². The number of phenolic OH excluding ortho intramolecular Hbond substituents is 1. The van der Waals surface area contributed by atoms with Gasteiger partial charge in [-0.2, -0.15) is 0 Å². The molecule has 3 rings (SSSR count). The molecule has 0 aliphatic carbocycles. The van der Waals surface area contributed by atoms with Gasteiger partial charge >= 0.3 is 5.97 Å². The molecule has 1 saturated heterocycles. The van der Waals surface area contributed by atoms with E-state index in [1.54, 1.807) is 17.0 Å². The number of benzene rings is 2. The lowest BCUT2D eigenvalue weighted by atomic mass is 9.77. The van der Waals surface area contributed by atoms with Gasteiger partial charge in [0.1, 0.15) is 11.4 Å². The lowest BCUT2D eigenvalue weighted by molar-refractivity contribution is -0.179. The fourth-order valence-electron chi connectivity index (χ4n) is 4.02. The topological polar surface area (TPSA) is 87.1 Å². The fourth-order valence-corrected chi connectivity index (χ4v) is 4.02. The predicted octanol–water partition coefficient (Wildman–Crippen LogP) is 3.10. The summed E-state index contributed by atoms with van der Waals surface area (Å²) in [5.41, 5.74) is 0.831. The highest BCUT2D eigenvalue weighted by molar-refractivity contribution is 6.08. The van der Waals surface area contributed by atoms with Crippen molar-refractivity contribution in [3.05, 3.63) is 60.2 Å². The van der Waals surface area contributed by atoms with Gasteiger partial charge in [0.25, 0.3) is 0 Å². The van der Waals surface area contributed by atoms with E-state index in [2.05, 4.69) is 0 Å². The zero-order valence-electron chi connectivity index (χ0n) is 17.5. The number of esters is 1. The van der Waals surface area contributed by atoms with Crippen molar-refractivity contribution in [1.82, 2.24) is 0 Å². The average molecular weight is 411 g/mol. The smallest absolute Gasteiger partial charge is 0.337 e. The van der Waals surface area contributed by atoms with Crippen molar-refractivity contribution < 1.29 is 24.5 Å². The third-order valence-corrected chi connectivity index (χ3v) is 5.87. The van der Waals surface area contributed by atoms with Crippen molar-refractivity contribution in [3.63, 3.8) is 0 Å². The average Bonchev–Trinajstić information content (AvgIpc) is 2.73. The van der Waals surface area contributed by atoms with Gasteiger partial charge < -0.3 is 19.8 Å². The zero-order valence-corrected chi connectivity index (χ0v) is 17.5. The number of aliphatic hydroxyl groups excluding tert-OH is 1. The standard InChI is InChI=1S/C24H29NO5/c1-17(2)24(13-12-18-8-10-20(27)11-9-18)16-21(28)22(23(29)30-24)25(14-15-26)19-6-4-3-5-7-19/h3-11,17,22,26-27H,12-16H2,1-2H3. The highest BCUT2D eigenvalue weighted by Gasteiger charge is 2.50. The van der Waals surface area contributed by atoms with Crippen molar-refractivity contribution in [2.75, 3.05) is 18.1 Å². The van der Waals surface area contributed by atoms with Crippen LogP contribution in [0.1, 0.15) is 32.3 Å². The van der Waals surface area contributed by atoms with Crippen molar-refractivity contribution in [1.29, 1.82) is 0 Å². The van der Waals surface area contributed by atoms with Crippen LogP contribution in [0.15, 0.2) is 54.6 Å². The van der Waals surface area contributed by atoms with Crippen LogP contribution >= 0.6 is 0 Å². The molecular weight excluding hydrogens is 382 g/mol. The maximum absolute atomic E-state index is 13.2. The molecule has 2 aromatic rings. The Morgan fingerprint density at radius 2 is 1.77 bits per heavy atom. The quantitative estimate of drug-likeness (QED) is 0.513. The number of phenols is 1. The minimum atomic E-state index is -1.06. The molecule has 1 aliphatic heterocycles. The number of cyclic esters (lactones) is 1. The molecule has 0 saturated carbocycles. The van der Waals surface area contributed by atoms with Crippen LogP contribution in [0.4, 0.5) is 5.69 Å². The number of nitrogens with zero attached hydrogens (tertiary/aromatic N) is 1. The van der Waals surface area contributed by atoms with Crippen LogP contribution < -0.4 is 4.90 Å². The van der Waals surface area contributed by atoms with E-state index in [9.17, 15) is 19.8 Å². The van der Waals surface area contributed by atoms with E-state index in [1.807, 2.05) is 56.3 Å². The summed E-state index contributed by atoms with van der Waals surface area (Å²) in [5.74, 6) is -0.596. The van der Waals surface area contributed by atoms with Crippen LogP contribution in [-0.4, -0.2) is 46.8 Å². The molecule has 6 nitrogen and oxygen atoms in total. The van der Waals surface area contributed by atoms with Gasteiger partial charge in [-0.25, -0.2) is 4.79 Å². The molecule has 0 radical (unpaired) electrons. The molecule has 0 spiro atoms. The Balaban J connectivity index is 1.81. The molecule has 1 fully saturated rings. The summed E-state index contributed by atoms with van der Waals surface area (Å²) in [5, 5.41) is 19.0. The molecule has 2 unspecified atom stereocenters. The van der Waals surface area contributed by atoms with Crippen molar-refractivity contribution in [3.8, 4) is 5.75 Å². The molecule has 1 aliphatic rings. The Hall–Kier alpha value is -2.86. The number of carbonyl (C=O) groups is 2. The summed E-state index contributed by atoms with van der Waals surface area (Å²) < 4.78 is 5.98. The number of hydrogen-bond donors (Lipinski definition) is 2. The summed E-state index contributed by atoms with van der Waals surface area (Å²) in [4.78, 5) is 27.9. The zero-order chi connectivity index (χ0) is 21.7. The first-order valence-electron chi connectivity index (χ1n) is 10.3. The normalized spacial score (nSPS) is 21.5. The number of aromatic hydroxyl groups is 1. The van der Waals surface area contributed by atoms with E-state index in [1.165, 1.54) is 0 Å². The summed E-state index contributed by atoms with van der Waals surface area (Å²) >= 11 is 0. The predicted molar refractivity (Wildman–Crippen MR) is 114 cm³/mol. The first-order valence-corrected chi connectivity index (χ1v) is 10.3. The summed E-state index contributed by atoms with van der Waals surface area (Å²) in [6.07, 6.45) is 1.28. The lowest BCUT2D eigenvalue weighted by Crippen LogP contribution is -2.59. The molecular formula is C24H29NO5. The van der Waals surface area contributed by atoms with Crippen LogP contribution in [-0.2, 0) is 20.7 Å². The molecule has 160 valence electrons. The van der Waals surface area contributed by atoms with E-state index in [4.69, 9.17) is 4.74 Å². The number of Topliss-reactive ketones (excluding diaryl/α,β-unsaturated/α-hetero) is 1. The van der Waals surface area contributed by atoms with Gasteiger partial charge in [-0.1, -0.05) is 44.2 Å². The van der Waals surface area contributed by atoms with E-state index in [0.717, 1.165) is 5.56 Å². The van der Waals surface area contributed by atoms with Gasteiger partial charge in [-0.15, -0.1) is 0 Å². The number of aryl methyl sites for hydroxylation is 1. The van der Waals surface area contributed by atoms with Gasteiger partial charge in [0, 0.05) is 18.7 Å². The van der Waals surface area contributed by atoms with E-state index < -0.39 is 17.6 Å². The molecule has 6 heteroatoms. The van der Waals surface area contributed by atoms with Crippen molar-refractivity contribution >= 4 is 17.4 Å². The highest BCUT2D eigenvalue weighted by atomic mass is 16.6. The summed E-state index contributed by atoms with van der Waals surface area (Å²) in [6, 6.07) is 15.0. The largest absolute Gasteiger partial charge is 0.508 e. The highest BCUT2D eigenvalue weighted by Crippen LogP contribution is 2.37. The maximum atomic E-state index is 13.2. The summed E-state index contributed by atoms with van der Waals surface area (Å²) in [7, 11) is 0. The summed E-state index contributed by atoms with van der Waals surface area (Å²) in [6.45, 7) is 3.90. The number of para-hydroxylation sites is 1. The number of ketones is 1.